The van der Waals surface area contributed by atoms with E-state index in [4.69, 9.17) is 16.3 Å². The van der Waals surface area contributed by atoms with E-state index in [1.165, 1.54) is 44.1 Å². The van der Waals surface area contributed by atoms with Crippen LogP contribution in [0.1, 0.15) is 44.1 Å². The quantitative estimate of drug-likeness (QED) is 0.687. The second kappa shape index (κ2) is 4.42. The molecule has 1 aromatic rings. The normalized spacial score (nSPS) is 34.6. The Morgan fingerprint density at radius 1 is 1.11 bits per heavy atom. The fraction of sp³-hybridized carbons (Fsp3) is 0.600. The van der Waals surface area contributed by atoms with Crippen molar-refractivity contribution in [1.29, 1.82) is 0 Å². The monoisotopic (exact) mass is 328 g/mol. The Morgan fingerprint density at radius 2 is 1.72 bits per heavy atom. The van der Waals surface area contributed by atoms with Gasteiger partial charge in [0.25, 0.3) is 0 Å². The molecule has 0 heterocycles. The van der Waals surface area contributed by atoms with Crippen LogP contribution in [0.4, 0.5) is 0 Å². The Kier molecular flexibility index (Phi) is 3.14. The summed E-state index contributed by atoms with van der Waals surface area (Å²) in [6, 6.07) is 6.33. The summed E-state index contributed by atoms with van der Waals surface area (Å²) in [4.78, 5) is 0. The largest absolute Gasteiger partial charge is 0.495 e. The van der Waals surface area contributed by atoms with Crippen molar-refractivity contribution in [2.45, 2.75) is 48.3 Å². The molecule has 3 heteroatoms. The lowest BCUT2D eigenvalue weighted by Crippen LogP contribution is -2.44. The van der Waals surface area contributed by atoms with Gasteiger partial charge < -0.3 is 4.74 Å². The average molecular weight is 330 g/mol. The van der Waals surface area contributed by atoms with Crippen LogP contribution in [0.3, 0.4) is 0 Å². The number of hydrogen-bond acceptors (Lipinski definition) is 1. The molecule has 0 aliphatic heterocycles. The van der Waals surface area contributed by atoms with Crippen LogP contribution in [-0.4, -0.2) is 11.4 Å². The minimum Gasteiger partial charge on any atom is -0.495 e. The second-order valence-electron chi connectivity index (χ2n) is 5.78. The van der Waals surface area contributed by atoms with Gasteiger partial charge in [0.15, 0.2) is 0 Å². The average Bonchev–Trinajstić information content (AvgIpc) is 2.40. The van der Waals surface area contributed by atoms with E-state index in [1.54, 1.807) is 7.11 Å². The van der Waals surface area contributed by atoms with E-state index < -0.39 is 0 Å². The number of ether oxygens (including phenoxy) is 1. The zero-order valence-electron chi connectivity index (χ0n) is 10.6. The lowest BCUT2D eigenvalue weighted by Gasteiger charge is -2.51. The van der Waals surface area contributed by atoms with Crippen molar-refractivity contribution in [3.05, 3.63) is 28.8 Å². The highest BCUT2D eigenvalue weighted by Gasteiger charge is 2.48. The predicted octanol–water partition coefficient (Wildman–Crippen LogP) is 5.09. The van der Waals surface area contributed by atoms with Crippen LogP contribution in [0, 0.1) is 0 Å². The third-order valence-electron chi connectivity index (χ3n) is 4.92. The summed E-state index contributed by atoms with van der Waals surface area (Å²) < 4.78 is 5.68. The van der Waals surface area contributed by atoms with Crippen molar-refractivity contribution < 1.29 is 4.74 Å². The van der Waals surface area contributed by atoms with Crippen molar-refractivity contribution in [2.75, 3.05) is 7.11 Å². The molecule has 0 saturated heterocycles. The Bertz CT molecular complexity index is 447. The van der Waals surface area contributed by atoms with Crippen LogP contribution in [-0.2, 0) is 5.41 Å². The molecule has 0 radical (unpaired) electrons. The number of halogens is 2. The molecule has 3 saturated carbocycles. The fourth-order valence-electron chi connectivity index (χ4n) is 3.57. The first-order chi connectivity index (χ1) is 8.57. The van der Waals surface area contributed by atoms with Gasteiger partial charge in [-0.25, -0.2) is 0 Å². The van der Waals surface area contributed by atoms with Crippen molar-refractivity contribution in [2.24, 2.45) is 0 Å². The summed E-state index contributed by atoms with van der Waals surface area (Å²) in [6.45, 7) is 0. The topological polar surface area (TPSA) is 9.23 Å². The van der Waals surface area contributed by atoms with Gasteiger partial charge in [-0.2, -0.15) is 0 Å². The molecule has 0 N–H and O–H groups in total. The van der Waals surface area contributed by atoms with Gasteiger partial charge in [-0.15, -0.1) is 0 Å². The first-order valence-corrected chi connectivity index (χ1v) is 7.77. The van der Waals surface area contributed by atoms with Gasteiger partial charge in [-0.3, -0.25) is 0 Å². The zero-order chi connectivity index (χ0) is 12.8. The molecule has 4 rings (SSSR count). The molecule has 1 aromatic carbocycles. The number of methoxy groups -OCH3 is 1. The fourth-order valence-corrected chi connectivity index (χ4v) is 4.42. The standard InChI is InChI=1S/C15H18BrClO/c1-18-13-3-2-11(10-12(13)17)14-4-7-15(16,8-5-14)9-6-14/h2-3,10H,4-9H2,1H3. The van der Waals surface area contributed by atoms with E-state index in [0.717, 1.165) is 10.8 Å². The van der Waals surface area contributed by atoms with E-state index in [0.29, 0.717) is 9.74 Å². The van der Waals surface area contributed by atoms with E-state index in [2.05, 4.69) is 28.1 Å². The van der Waals surface area contributed by atoms with Crippen molar-refractivity contribution >= 4 is 27.5 Å². The molecule has 0 spiro atoms. The Morgan fingerprint density at radius 3 is 2.22 bits per heavy atom. The molecule has 3 aliphatic rings. The van der Waals surface area contributed by atoms with E-state index in [1.807, 2.05) is 6.07 Å². The molecule has 3 aliphatic carbocycles. The summed E-state index contributed by atoms with van der Waals surface area (Å²) >= 11 is 10.2. The van der Waals surface area contributed by atoms with E-state index >= 15 is 0 Å². The lowest BCUT2D eigenvalue weighted by atomic mass is 9.58. The zero-order valence-corrected chi connectivity index (χ0v) is 13.0. The van der Waals surface area contributed by atoms with Crippen LogP contribution < -0.4 is 4.74 Å². The minimum absolute atomic E-state index is 0.366. The molecule has 2 bridgehead atoms. The molecular weight excluding hydrogens is 312 g/mol. The maximum atomic E-state index is 6.27. The number of benzene rings is 1. The third kappa shape index (κ3) is 1.98. The van der Waals surface area contributed by atoms with Gasteiger partial charge in [-0.1, -0.05) is 33.6 Å². The van der Waals surface area contributed by atoms with Crippen LogP contribution in [0.15, 0.2) is 18.2 Å². The van der Waals surface area contributed by atoms with Gasteiger partial charge in [-0.05, 0) is 61.6 Å². The highest BCUT2D eigenvalue weighted by Crippen LogP contribution is 2.57. The van der Waals surface area contributed by atoms with Crippen molar-refractivity contribution in [1.82, 2.24) is 0 Å². The molecule has 0 aromatic heterocycles. The highest BCUT2D eigenvalue weighted by atomic mass is 79.9. The van der Waals surface area contributed by atoms with Crippen molar-refractivity contribution in [3.63, 3.8) is 0 Å². The number of fused-ring (bicyclic) bond motifs is 3. The molecule has 98 valence electrons. The minimum atomic E-state index is 0.366. The van der Waals surface area contributed by atoms with E-state index in [-0.39, 0.29) is 0 Å². The van der Waals surface area contributed by atoms with Crippen LogP contribution in [0.2, 0.25) is 5.02 Å². The predicted molar refractivity (Wildman–Crippen MR) is 79.0 cm³/mol. The molecule has 1 nitrogen and oxygen atoms in total. The molecule has 0 amide bonds. The summed E-state index contributed by atoms with van der Waals surface area (Å²) in [5.74, 6) is 0.776. The maximum absolute atomic E-state index is 6.27. The van der Waals surface area contributed by atoms with Gasteiger partial charge in [0.05, 0.1) is 12.1 Å². The van der Waals surface area contributed by atoms with E-state index in [9.17, 15) is 0 Å². The molecular formula is C15H18BrClO. The number of hydrogen-bond donors (Lipinski definition) is 0. The van der Waals surface area contributed by atoms with Crippen LogP contribution in [0.25, 0.3) is 0 Å². The summed E-state index contributed by atoms with van der Waals surface area (Å²) in [5, 5.41) is 0.741. The highest BCUT2D eigenvalue weighted by molar-refractivity contribution is 9.10. The van der Waals surface area contributed by atoms with Gasteiger partial charge >= 0.3 is 0 Å². The van der Waals surface area contributed by atoms with Crippen LogP contribution >= 0.6 is 27.5 Å². The maximum Gasteiger partial charge on any atom is 0.137 e. The van der Waals surface area contributed by atoms with Gasteiger partial charge in [0, 0.05) is 4.32 Å². The summed E-state index contributed by atoms with van der Waals surface area (Å²) in [7, 11) is 1.67. The smallest absolute Gasteiger partial charge is 0.137 e. The second-order valence-corrected chi connectivity index (χ2v) is 7.87. The molecule has 0 atom stereocenters. The van der Waals surface area contributed by atoms with Gasteiger partial charge in [0.2, 0.25) is 0 Å². The Labute approximate surface area is 122 Å². The first-order valence-electron chi connectivity index (χ1n) is 6.60. The SMILES string of the molecule is COc1ccc(C23CCC(Br)(CC2)CC3)cc1Cl. The summed E-state index contributed by atoms with van der Waals surface area (Å²) in [6.07, 6.45) is 7.70. The lowest BCUT2D eigenvalue weighted by molar-refractivity contribution is 0.162. The summed E-state index contributed by atoms with van der Waals surface area (Å²) in [5.41, 5.74) is 1.77. The Hall–Kier alpha value is -0.210. The van der Waals surface area contributed by atoms with Crippen LogP contribution in [0.5, 0.6) is 5.75 Å². The number of alkyl halides is 1. The molecule has 18 heavy (non-hydrogen) atoms. The third-order valence-corrected chi connectivity index (χ3v) is 6.40. The molecule has 3 fully saturated rings. The van der Waals surface area contributed by atoms with Gasteiger partial charge in [0.1, 0.15) is 5.75 Å². The van der Waals surface area contributed by atoms with Crippen molar-refractivity contribution in [3.8, 4) is 5.75 Å². The molecule has 0 unspecified atom stereocenters. The first kappa shape index (κ1) is 12.8. The number of rotatable bonds is 2. The Balaban J connectivity index is 1.93.